The van der Waals surface area contributed by atoms with E-state index in [1.165, 1.54) is 31.8 Å². The molecule has 0 amide bonds. The molecule has 174 valence electrons. The van der Waals surface area contributed by atoms with Gasteiger partial charge in [-0.15, -0.1) is 0 Å². The first-order valence-corrected chi connectivity index (χ1v) is 10.4. The number of carboxylic acid groups (broad SMARTS) is 1. The summed E-state index contributed by atoms with van der Waals surface area (Å²) in [4.78, 5) is 24.2. The number of hydrogen-bond donors (Lipinski definition) is 1. The number of ether oxygens (including phenoxy) is 1. The van der Waals surface area contributed by atoms with Crippen molar-refractivity contribution in [2.24, 2.45) is 0 Å². The predicted octanol–water partition coefficient (Wildman–Crippen LogP) is 4.12. The van der Waals surface area contributed by atoms with Gasteiger partial charge in [0.05, 0.1) is 31.1 Å². The van der Waals surface area contributed by atoms with Gasteiger partial charge in [0, 0.05) is 35.2 Å². The molecule has 3 aromatic rings. The minimum Gasteiger partial charge on any atom is -0.496 e. The maximum Gasteiger partial charge on any atom is 0.341 e. The second kappa shape index (κ2) is 8.02. The lowest BCUT2D eigenvalue weighted by Gasteiger charge is -2.45. The first-order valence-electron chi connectivity index (χ1n) is 10.4. The zero-order valence-corrected chi connectivity index (χ0v) is 18.7. The van der Waals surface area contributed by atoms with Crippen molar-refractivity contribution in [1.82, 2.24) is 14.5 Å². The molecule has 8 nitrogen and oxygen atoms in total. The topological polar surface area (TPSA) is 89.6 Å². The van der Waals surface area contributed by atoms with E-state index in [0.717, 1.165) is 12.0 Å². The lowest BCUT2D eigenvalue weighted by atomic mass is 9.92. The molecule has 0 saturated heterocycles. The number of aromatic nitrogens is 3. The summed E-state index contributed by atoms with van der Waals surface area (Å²) in [6.07, 6.45) is 4.71. The van der Waals surface area contributed by atoms with Gasteiger partial charge in [0.2, 0.25) is 0 Å². The second-order valence-corrected chi connectivity index (χ2v) is 8.51. The van der Waals surface area contributed by atoms with E-state index >= 15 is 0 Å². The van der Waals surface area contributed by atoms with E-state index in [1.54, 1.807) is 10.7 Å². The minimum atomic E-state index is -2.76. The standard InChI is InChI=1S/C23H24F2N4O4/c1-5-23(2,3)29-11-13-6-16(14-9-26-27(10-14)22(24)25)20(33-4)7-15(13)18-8-19(30)17(21(31)32)12-28(18)29/h6-10,12,22H,5,11H2,1-4H3,(H,31,32). The summed E-state index contributed by atoms with van der Waals surface area (Å²) >= 11 is 0. The largest absolute Gasteiger partial charge is 0.496 e. The van der Waals surface area contributed by atoms with Gasteiger partial charge < -0.3 is 14.9 Å². The van der Waals surface area contributed by atoms with Crippen LogP contribution in [0.5, 0.6) is 5.75 Å². The van der Waals surface area contributed by atoms with Crippen LogP contribution in [0.4, 0.5) is 8.78 Å². The molecule has 0 bridgehead atoms. The minimum absolute atomic E-state index is 0.317. The molecule has 10 heteroatoms. The Hall–Kier alpha value is -3.69. The van der Waals surface area contributed by atoms with Crippen molar-refractivity contribution in [2.75, 3.05) is 12.1 Å². The summed E-state index contributed by atoms with van der Waals surface area (Å²) < 4.78 is 33.9. The Labute approximate surface area is 188 Å². The van der Waals surface area contributed by atoms with Crippen molar-refractivity contribution >= 4 is 5.97 Å². The van der Waals surface area contributed by atoms with Gasteiger partial charge in [0.15, 0.2) is 5.43 Å². The highest BCUT2D eigenvalue weighted by atomic mass is 19.3. The lowest BCUT2D eigenvalue weighted by molar-refractivity contribution is 0.0566. The number of carboxylic acids is 1. The van der Waals surface area contributed by atoms with E-state index in [1.807, 2.05) is 31.8 Å². The first-order chi connectivity index (χ1) is 15.6. The molecule has 0 atom stereocenters. The maximum atomic E-state index is 13.1. The fraction of sp³-hybridized carbons (Fsp3) is 0.348. The third-order valence-electron chi connectivity index (χ3n) is 6.22. The third-order valence-corrected chi connectivity index (χ3v) is 6.22. The van der Waals surface area contributed by atoms with Gasteiger partial charge in [-0.1, -0.05) is 6.92 Å². The van der Waals surface area contributed by atoms with E-state index in [9.17, 15) is 23.5 Å². The molecule has 33 heavy (non-hydrogen) atoms. The molecule has 3 heterocycles. The number of pyridine rings is 1. The van der Waals surface area contributed by atoms with Crippen LogP contribution in [0, 0.1) is 0 Å². The third kappa shape index (κ3) is 3.75. The fourth-order valence-corrected chi connectivity index (χ4v) is 3.98. The van der Waals surface area contributed by atoms with Crippen LogP contribution >= 0.6 is 0 Å². The molecule has 4 rings (SSSR count). The Morgan fingerprint density at radius 3 is 2.55 bits per heavy atom. The van der Waals surface area contributed by atoms with E-state index in [0.29, 0.717) is 39.4 Å². The molecule has 1 aliphatic heterocycles. The van der Waals surface area contributed by atoms with Crippen LogP contribution in [0.2, 0.25) is 0 Å². The van der Waals surface area contributed by atoms with Crippen molar-refractivity contribution in [1.29, 1.82) is 0 Å². The number of carbonyl (C=O) groups is 1. The second-order valence-electron chi connectivity index (χ2n) is 8.51. The van der Waals surface area contributed by atoms with Crippen LogP contribution in [0.1, 0.15) is 49.7 Å². The molecule has 0 unspecified atom stereocenters. The molecule has 0 radical (unpaired) electrons. The zero-order chi connectivity index (χ0) is 24.1. The number of hydrogen-bond acceptors (Lipinski definition) is 5. The highest BCUT2D eigenvalue weighted by molar-refractivity contribution is 5.88. The van der Waals surface area contributed by atoms with Crippen LogP contribution in [0.15, 0.2) is 41.6 Å². The SMILES string of the molecule is CCC(C)(C)N1Cc2cc(-c3cnn(C(F)F)c3)c(OC)cc2-c2cc(=O)c(C(=O)O)cn21. The number of halogens is 2. The Kier molecular flexibility index (Phi) is 5.47. The van der Waals surface area contributed by atoms with Gasteiger partial charge >= 0.3 is 12.5 Å². The van der Waals surface area contributed by atoms with E-state index in [4.69, 9.17) is 4.74 Å². The van der Waals surface area contributed by atoms with Crippen molar-refractivity contribution < 1.29 is 23.4 Å². The fourth-order valence-electron chi connectivity index (χ4n) is 3.98. The molecule has 0 fully saturated rings. The average Bonchev–Trinajstić information content (AvgIpc) is 3.27. The van der Waals surface area contributed by atoms with Crippen LogP contribution in [-0.4, -0.2) is 38.2 Å². The number of alkyl halides is 2. The predicted molar refractivity (Wildman–Crippen MR) is 118 cm³/mol. The van der Waals surface area contributed by atoms with Crippen molar-refractivity contribution in [3.63, 3.8) is 0 Å². The molecule has 1 N–H and O–H groups in total. The van der Waals surface area contributed by atoms with Crippen LogP contribution < -0.4 is 15.2 Å². The highest BCUT2D eigenvalue weighted by Gasteiger charge is 2.33. The summed E-state index contributed by atoms with van der Waals surface area (Å²) in [7, 11) is 1.47. The molecular formula is C23H24F2N4O4. The van der Waals surface area contributed by atoms with Crippen molar-refractivity contribution in [2.45, 2.75) is 45.8 Å². The summed E-state index contributed by atoms with van der Waals surface area (Å²) in [6.45, 7) is 3.72. The number of aromatic carboxylic acids is 1. The molecule has 0 saturated carbocycles. The van der Waals surface area contributed by atoms with Crippen molar-refractivity contribution in [3.8, 4) is 28.1 Å². The maximum absolute atomic E-state index is 13.1. The summed E-state index contributed by atoms with van der Waals surface area (Å²) in [5.74, 6) is -0.869. The Morgan fingerprint density at radius 2 is 1.97 bits per heavy atom. The van der Waals surface area contributed by atoms with Gasteiger partial charge in [-0.25, -0.2) is 9.48 Å². The normalized spacial score (nSPS) is 13.1. The number of rotatable bonds is 6. The van der Waals surface area contributed by atoms with Crippen LogP contribution in [0.3, 0.4) is 0 Å². The van der Waals surface area contributed by atoms with E-state index in [2.05, 4.69) is 5.10 Å². The highest BCUT2D eigenvalue weighted by Crippen LogP contribution is 2.41. The molecular weight excluding hydrogens is 434 g/mol. The van der Waals surface area contributed by atoms with Crippen LogP contribution in [0.25, 0.3) is 22.4 Å². The number of nitrogens with zero attached hydrogens (tertiary/aromatic N) is 4. The molecule has 2 aromatic heterocycles. The Morgan fingerprint density at radius 1 is 1.24 bits per heavy atom. The quantitative estimate of drug-likeness (QED) is 0.598. The van der Waals surface area contributed by atoms with Crippen molar-refractivity contribution in [3.05, 3.63) is 58.1 Å². The zero-order valence-electron chi connectivity index (χ0n) is 18.7. The average molecular weight is 458 g/mol. The molecule has 1 aliphatic rings. The number of methoxy groups -OCH3 is 1. The van der Waals surface area contributed by atoms with E-state index in [-0.39, 0.29) is 11.1 Å². The molecule has 0 spiro atoms. The van der Waals surface area contributed by atoms with Crippen LogP contribution in [-0.2, 0) is 6.54 Å². The number of benzene rings is 1. The molecule has 1 aromatic carbocycles. The van der Waals surface area contributed by atoms with Gasteiger partial charge in [-0.2, -0.15) is 13.9 Å². The first kappa shape index (κ1) is 22.5. The van der Waals surface area contributed by atoms with Gasteiger partial charge in [0.1, 0.15) is 11.3 Å². The van der Waals surface area contributed by atoms with Gasteiger partial charge in [0.25, 0.3) is 0 Å². The molecule has 0 aliphatic carbocycles. The summed E-state index contributed by atoms with van der Waals surface area (Å²) in [5, 5.41) is 15.2. The Balaban J connectivity index is 1.97. The van der Waals surface area contributed by atoms with Gasteiger partial charge in [-0.05, 0) is 38.0 Å². The summed E-state index contributed by atoms with van der Waals surface area (Å²) in [6, 6.07) is 4.90. The van der Waals surface area contributed by atoms with E-state index < -0.39 is 17.9 Å². The lowest BCUT2D eigenvalue weighted by Crippen LogP contribution is -2.52. The smallest absolute Gasteiger partial charge is 0.341 e. The monoisotopic (exact) mass is 458 g/mol. The number of fused-ring (bicyclic) bond motifs is 3. The summed E-state index contributed by atoms with van der Waals surface area (Å²) in [5.41, 5.74) is 1.85. The Bertz CT molecular complexity index is 1300. The van der Waals surface area contributed by atoms with Gasteiger partial charge in [-0.3, -0.25) is 9.47 Å².